The first kappa shape index (κ1) is 10.5. The molecule has 0 bridgehead atoms. The molecule has 2 nitrogen and oxygen atoms in total. The quantitative estimate of drug-likeness (QED) is 0.738. The van der Waals surface area contributed by atoms with Crippen LogP contribution >= 0.6 is 0 Å². The summed E-state index contributed by atoms with van der Waals surface area (Å²) in [5.74, 6) is 0.908. The van der Waals surface area contributed by atoms with Crippen LogP contribution in [0, 0.1) is 5.92 Å². The molecule has 1 atom stereocenters. The largest absolute Gasteiger partial charge is 0.399 e. The van der Waals surface area contributed by atoms with Crippen molar-refractivity contribution in [2.75, 3.05) is 18.8 Å². The van der Waals surface area contributed by atoms with E-state index < -0.39 is 0 Å². The van der Waals surface area contributed by atoms with Crippen LogP contribution in [0.4, 0.5) is 5.69 Å². The van der Waals surface area contributed by atoms with E-state index in [4.69, 9.17) is 5.73 Å². The molecule has 0 amide bonds. The van der Waals surface area contributed by atoms with Gasteiger partial charge in [0.2, 0.25) is 0 Å². The lowest BCUT2D eigenvalue weighted by Gasteiger charge is -2.07. The maximum Gasteiger partial charge on any atom is 0.0316 e. The summed E-state index contributed by atoms with van der Waals surface area (Å²) in [6.45, 7) is 2.43. The third-order valence-corrected chi connectivity index (χ3v) is 3.19. The Morgan fingerprint density at radius 2 is 2.33 bits per heavy atom. The van der Waals surface area contributed by atoms with Gasteiger partial charge in [-0.15, -0.1) is 0 Å². The number of rotatable bonds is 4. The number of aryl methyl sites for hydroxylation is 1. The first-order valence-electron chi connectivity index (χ1n) is 5.90. The van der Waals surface area contributed by atoms with Gasteiger partial charge in [0.05, 0.1) is 0 Å². The summed E-state index contributed by atoms with van der Waals surface area (Å²) < 4.78 is 0. The maximum atomic E-state index is 5.74. The molecule has 1 aromatic rings. The van der Waals surface area contributed by atoms with E-state index in [1.165, 1.54) is 44.3 Å². The summed E-state index contributed by atoms with van der Waals surface area (Å²) in [7, 11) is 0. The van der Waals surface area contributed by atoms with Gasteiger partial charge in [0, 0.05) is 5.69 Å². The monoisotopic (exact) mass is 204 g/mol. The number of anilines is 1. The topological polar surface area (TPSA) is 38.0 Å². The molecule has 1 fully saturated rings. The molecule has 1 unspecified atom stereocenters. The lowest BCUT2D eigenvalue weighted by Crippen LogP contribution is -2.09. The summed E-state index contributed by atoms with van der Waals surface area (Å²) in [5.41, 5.74) is 8.00. The van der Waals surface area contributed by atoms with E-state index in [0.717, 1.165) is 11.6 Å². The molecule has 2 rings (SSSR count). The van der Waals surface area contributed by atoms with Gasteiger partial charge in [0.15, 0.2) is 0 Å². The van der Waals surface area contributed by atoms with Gasteiger partial charge in [0.1, 0.15) is 0 Å². The van der Waals surface area contributed by atoms with Gasteiger partial charge in [-0.05, 0) is 62.4 Å². The van der Waals surface area contributed by atoms with Crippen LogP contribution in [0.25, 0.3) is 0 Å². The van der Waals surface area contributed by atoms with Crippen molar-refractivity contribution in [2.45, 2.75) is 25.7 Å². The van der Waals surface area contributed by atoms with Crippen LogP contribution in [0.2, 0.25) is 0 Å². The molecule has 0 aliphatic carbocycles. The summed E-state index contributed by atoms with van der Waals surface area (Å²) in [5, 5.41) is 3.41. The van der Waals surface area contributed by atoms with Crippen LogP contribution in [0.5, 0.6) is 0 Å². The molecule has 3 N–H and O–H groups in total. The van der Waals surface area contributed by atoms with Crippen LogP contribution in [0.1, 0.15) is 24.8 Å². The minimum atomic E-state index is 0.884. The van der Waals surface area contributed by atoms with E-state index in [9.17, 15) is 0 Å². The molecule has 2 heteroatoms. The summed E-state index contributed by atoms with van der Waals surface area (Å²) in [6, 6.07) is 8.25. The second-order valence-corrected chi connectivity index (χ2v) is 4.50. The zero-order valence-electron chi connectivity index (χ0n) is 9.21. The molecular formula is C13H20N2. The maximum absolute atomic E-state index is 5.74. The van der Waals surface area contributed by atoms with Gasteiger partial charge in [-0.2, -0.15) is 0 Å². The van der Waals surface area contributed by atoms with Gasteiger partial charge in [0.25, 0.3) is 0 Å². The summed E-state index contributed by atoms with van der Waals surface area (Å²) in [4.78, 5) is 0. The molecule has 15 heavy (non-hydrogen) atoms. The average molecular weight is 204 g/mol. The second kappa shape index (κ2) is 5.17. The van der Waals surface area contributed by atoms with E-state index in [-0.39, 0.29) is 0 Å². The number of nitrogens with one attached hydrogen (secondary N) is 1. The van der Waals surface area contributed by atoms with Crippen molar-refractivity contribution in [1.29, 1.82) is 0 Å². The zero-order chi connectivity index (χ0) is 10.5. The highest BCUT2D eigenvalue weighted by Crippen LogP contribution is 2.17. The fourth-order valence-electron chi connectivity index (χ4n) is 2.30. The first-order chi connectivity index (χ1) is 7.34. The van der Waals surface area contributed by atoms with E-state index in [1.54, 1.807) is 0 Å². The molecule has 1 saturated heterocycles. The standard InChI is InChI=1S/C13H20N2/c14-13-6-2-4-11(9-13)3-1-5-12-7-8-15-10-12/h2,4,6,9,12,15H,1,3,5,7-8,10,14H2. The zero-order valence-corrected chi connectivity index (χ0v) is 9.21. The van der Waals surface area contributed by atoms with Gasteiger partial charge in [-0.25, -0.2) is 0 Å². The molecule has 1 aliphatic rings. The first-order valence-corrected chi connectivity index (χ1v) is 5.90. The van der Waals surface area contributed by atoms with Crippen LogP contribution in [-0.4, -0.2) is 13.1 Å². The predicted molar refractivity (Wildman–Crippen MR) is 64.8 cm³/mol. The minimum Gasteiger partial charge on any atom is -0.399 e. The van der Waals surface area contributed by atoms with E-state index in [2.05, 4.69) is 17.4 Å². The van der Waals surface area contributed by atoms with Crippen LogP contribution < -0.4 is 11.1 Å². The van der Waals surface area contributed by atoms with E-state index in [0.29, 0.717) is 0 Å². The number of hydrogen-bond acceptors (Lipinski definition) is 2. The van der Waals surface area contributed by atoms with Gasteiger partial charge in [-0.3, -0.25) is 0 Å². The molecule has 0 saturated carbocycles. The Morgan fingerprint density at radius 1 is 1.40 bits per heavy atom. The highest BCUT2D eigenvalue weighted by molar-refractivity contribution is 5.40. The highest BCUT2D eigenvalue weighted by atomic mass is 14.9. The Hall–Kier alpha value is -1.02. The van der Waals surface area contributed by atoms with E-state index in [1.807, 2.05) is 12.1 Å². The molecule has 0 radical (unpaired) electrons. The number of hydrogen-bond donors (Lipinski definition) is 2. The third-order valence-electron chi connectivity index (χ3n) is 3.19. The minimum absolute atomic E-state index is 0.884. The lowest BCUT2D eigenvalue weighted by molar-refractivity contribution is 0.510. The third kappa shape index (κ3) is 3.24. The van der Waals surface area contributed by atoms with Crippen molar-refractivity contribution < 1.29 is 0 Å². The molecule has 1 heterocycles. The lowest BCUT2D eigenvalue weighted by atomic mass is 9.99. The molecule has 1 aliphatic heterocycles. The predicted octanol–water partition coefficient (Wildman–Crippen LogP) is 2.20. The highest BCUT2D eigenvalue weighted by Gasteiger charge is 2.13. The van der Waals surface area contributed by atoms with Gasteiger partial charge in [-0.1, -0.05) is 12.1 Å². The summed E-state index contributed by atoms with van der Waals surface area (Å²) in [6.07, 6.45) is 5.16. The molecule has 1 aromatic carbocycles. The Labute approximate surface area is 91.9 Å². The number of nitrogen functional groups attached to an aromatic ring is 1. The Balaban J connectivity index is 1.73. The van der Waals surface area contributed by atoms with Crippen molar-refractivity contribution >= 4 is 5.69 Å². The molecule has 0 aromatic heterocycles. The Bertz CT molecular complexity index is 303. The number of benzene rings is 1. The second-order valence-electron chi connectivity index (χ2n) is 4.50. The Morgan fingerprint density at radius 3 is 3.07 bits per heavy atom. The van der Waals surface area contributed by atoms with E-state index >= 15 is 0 Å². The normalized spacial score (nSPS) is 20.7. The van der Waals surface area contributed by atoms with Crippen molar-refractivity contribution in [2.24, 2.45) is 5.92 Å². The fraction of sp³-hybridized carbons (Fsp3) is 0.538. The SMILES string of the molecule is Nc1cccc(CCCC2CCNC2)c1. The van der Waals surface area contributed by atoms with Crippen LogP contribution in [0.15, 0.2) is 24.3 Å². The Kier molecular flexibility index (Phi) is 3.62. The van der Waals surface area contributed by atoms with Gasteiger partial charge < -0.3 is 11.1 Å². The molecule has 0 spiro atoms. The van der Waals surface area contributed by atoms with Crippen molar-refractivity contribution in [3.8, 4) is 0 Å². The molecule has 82 valence electrons. The van der Waals surface area contributed by atoms with Crippen molar-refractivity contribution in [1.82, 2.24) is 5.32 Å². The van der Waals surface area contributed by atoms with Crippen LogP contribution in [-0.2, 0) is 6.42 Å². The fourth-order valence-corrected chi connectivity index (χ4v) is 2.30. The molecular weight excluding hydrogens is 184 g/mol. The van der Waals surface area contributed by atoms with Gasteiger partial charge >= 0.3 is 0 Å². The number of nitrogens with two attached hydrogens (primary N) is 1. The van der Waals surface area contributed by atoms with Crippen LogP contribution in [0.3, 0.4) is 0 Å². The van der Waals surface area contributed by atoms with Crippen molar-refractivity contribution in [3.63, 3.8) is 0 Å². The summed E-state index contributed by atoms with van der Waals surface area (Å²) >= 11 is 0. The van der Waals surface area contributed by atoms with Crippen molar-refractivity contribution in [3.05, 3.63) is 29.8 Å². The smallest absolute Gasteiger partial charge is 0.0316 e. The average Bonchev–Trinajstić information content (AvgIpc) is 2.71.